The van der Waals surface area contributed by atoms with Gasteiger partial charge in [-0.25, -0.2) is 4.79 Å². The van der Waals surface area contributed by atoms with Crippen LogP contribution in [0.1, 0.15) is 52.5 Å². The van der Waals surface area contributed by atoms with Crippen LogP contribution in [0.25, 0.3) is 0 Å². The van der Waals surface area contributed by atoms with Gasteiger partial charge in [-0.05, 0) is 45.6 Å². The van der Waals surface area contributed by atoms with Crippen molar-refractivity contribution in [1.82, 2.24) is 5.01 Å². The minimum absolute atomic E-state index is 0.155. The van der Waals surface area contributed by atoms with Gasteiger partial charge in [-0.2, -0.15) is 10.1 Å². The topological polar surface area (TPSA) is 41.9 Å². The minimum Gasteiger partial charge on any atom is -0.442 e. The second-order valence-electron chi connectivity index (χ2n) is 6.74. The van der Waals surface area contributed by atoms with Crippen LogP contribution in [0.2, 0.25) is 0 Å². The molecule has 0 bridgehead atoms. The van der Waals surface area contributed by atoms with Gasteiger partial charge < -0.3 is 4.74 Å². The molecule has 0 aliphatic carbocycles. The Morgan fingerprint density at radius 2 is 2.00 bits per heavy atom. The molecule has 0 radical (unpaired) electrons. The molecule has 0 aliphatic heterocycles. The average Bonchev–Trinajstić information content (AvgIpc) is 2.52. The highest BCUT2D eigenvalue weighted by atomic mass is 16.6. The van der Waals surface area contributed by atoms with Crippen LogP contribution >= 0.6 is 0 Å². The molecule has 24 heavy (non-hydrogen) atoms. The lowest BCUT2D eigenvalue weighted by molar-refractivity contribution is 0.0199. The highest BCUT2D eigenvalue weighted by molar-refractivity contribution is 5.70. The highest BCUT2D eigenvalue weighted by Gasteiger charge is 2.26. The van der Waals surface area contributed by atoms with Crippen molar-refractivity contribution in [3.8, 4) is 0 Å². The summed E-state index contributed by atoms with van der Waals surface area (Å²) in [6.45, 7) is 11.5. The van der Waals surface area contributed by atoms with Gasteiger partial charge in [0.25, 0.3) is 0 Å². The Labute approximate surface area is 146 Å². The zero-order valence-corrected chi connectivity index (χ0v) is 15.4. The smallest absolute Gasteiger partial charge is 0.431 e. The highest BCUT2D eigenvalue weighted by Crippen LogP contribution is 2.16. The van der Waals surface area contributed by atoms with Gasteiger partial charge in [-0.3, -0.25) is 0 Å². The minimum atomic E-state index is -0.549. The molecule has 0 aromatic heterocycles. The van der Waals surface area contributed by atoms with Gasteiger partial charge in [-0.15, -0.1) is 6.58 Å². The van der Waals surface area contributed by atoms with E-state index >= 15 is 0 Å². The molecule has 0 N–H and O–H groups in total. The van der Waals surface area contributed by atoms with Crippen LogP contribution in [0, 0.1) is 0 Å². The van der Waals surface area contributed by atoms with Crippen LogP contribution < -0.4 is 0 Å². The van der Waals surface area contributed by atoms with Gasteiger partial charge in [0.2, 0.25) is 0 Å². The third-order valence-electron chi connectivity index (χ3n) is 3.36. The Balaban J connectivity index is 2.74. The van der Waals surface area contributed by atoms with E-state index < -0.39 is 11.7 Å². The molecule has 1 rings (SSSR count). The first-order chi connectivity index (χ1) is 11.4. The van der Waals surface area contributed by atoms with Gasteiger partial charge >= 0.3 is 6.09 Å². The number of carbonyl (C=O) groups is 1. The van der Waals surface area contributed by atoms with Crippen molar-refractivity contribution < 1.29 is 9.53 Å². The number of ether oxygens (including phenoxy) is 1. The zero-order chi connectivity index (χ0) is 18.0. The maximum Gasteiger partial charge on any atom is 0.431 e. The first-order valence-electron chi connectivity index (χ1n) is 8.58. The van der Waals surface area contributed by atoms with Gasteiger partial charge in [0.05, 0.1) is 6.04 Å². The molecule has 0 spiro atoms. The molecule has 0 fully saturated rings. The predicted molar refractivity (Wildman–Crippen MR) is 100 cm³/mol. The summed E-state index contributed by atoms with van der Waals surface area (Å²) in [7, 11) is 0. The quantitative estimate of drug-likeness (QED) is 0.373. The number of hydrogen-bond donors (Lipinski definition) is 0. The van der Waals surface area contributed by atoms with Crippen molar-refractivity contribution in [2.75, 3.05) is 0 Å². The summed E-state index contributed by atoms with van der Waals surface area (Å²) in [4.78, 5) is 12.4. The van der Waals surface area contributed by atoms with Crippen molar-refractivity contribution in [1.29, 1.82) is 0 Å². The van der Waals surface area contributed by atoms with Crippen LogP contribution in [-0.2, 0) is 11.2 Å². The SMILES string of the molecule is C=CC(CCC)N(/N=C/CCc1ccccc1)C(=O)OC(C)(C)C. The summed E-state index contributed by atoms with van der Waals surface area (Å²) in [6.07, 6.45) is 6.49. The summed E-state index contributed by atoms with van der Waals surface area (Å²) >= 11 is 0. The fraction of sp³-hybridized carbons (Fsp3) is 0.500. The molecule has 1 aromatic rings. The number of benzene rings is 1. The summed E-state index contributed by atoms with van der Waals surface area (Å²) in [5.41, 5.74) is 0.703. The standard InChI is InChI=1S/C20H30N2O2/c1-6-12-18(7-2)22(19(23)24-20(3,4)5)21-16-11-15-17-13-9-8-10-14-17/h7-10,13-14,16,18H,2,6,11-12,15H2,1,3-5H3/b21-16+. The van der Waals surface area contributed by atoms with Crippen LogP contribution in [0.5, 0.6) is 0 Å². The third-order valence-corrected chi connectivity index (χ3v) is 3.36. The molecule has 1 aromatic carbocycles. The molecule has 132 valence electrons. The number of hydrazone groups is 1. The van der Waals surface area contributed by atoms with E-state index in [0.717, 1.165) is 25.7 Å². The van der Waals surface area contributed by atoms with Crippen LogP contribution in [0.4, 0.5) is 4.79 Å². The van der Waals surface area contributed by atoms with Crippen molar-refractivity contribution >= 4 is 12.3 Å². The lowest BCUT2D eigenvalue weighted by Crippen LogP contribution is -2.39. The number of carbonyl (C=O) groups excluding carboxylic acids is 1. The maximum absolute atomic E-state index is 12.4. The number of hydrogen-bond acceptors (Lipinski definition) is 3. The molecular weight excluding hydrogens is 300 g/mol. The first-order valence-corrected chi connectivity index (χ1v) is 8.58. The molecule has 1 amide bonds. The van der Waals surface area contributed by atoms with E-state index in [2.05, 4.69) is 30.7 Å². The fourth-order valence-corrected chi connectivity index (χ4v) is 2.23. The molecule has 1 unspecified atom stereocenters. The maximum atomic E-state index is 12.4. The summed E-state index contributed by atoms with van der Waals surface area (Å²) in [5.74, 6) is 0. The average molecular weight is 330 g/mol. The fourth-order valence-electron chi connectivity index (χ4n) is 2.23. The van der Waals surface area contributed by atoms with Gasteiger partial charge in [0, 0.05) is 6.21 Å². The van der Waals surface area contributed by atoms with Crippen LogP contribution in [0.15, 0.2) is 48.1 Å². The molecule has 0 saturated carbocycles. The van der Waals surface area contributed by atoms with E-state index in [-0.39, 0.29) is 6.04 Å². The molecule has 0 aliphatic rings. The summed E-state index contributed by atoms with van der Waals surface area (Å²) < 4.78 is 5.47. The predicted octanol–water partition coefficient (Wildman–Crippen LogP) is 5.20. The Kier molecular flexibility index (Phi) is 8.24. The molecule has 4 heteroatoms. The zero-order valence-electron chi connectivity index (χ0n) is 15.4. The monoisotopic (exact) mass is 330 g/mol. The molecule has 0 saturated heterocycles. The van der Waals surface area contributed by atoms with Crippen molar-refractivity contribution in [2.45, 2.75) is 65.0 Å². The number of rotatable bonds is 8. The van der Waals surface area contributed by atoms with Crippen LogP contribution in [-0.4, -0.2) is 29.0 Å². The van der Waals surface area contributed by atoms with E-state index in [0.29, 0.717) is 0 Å². The molecule has 4 nitrogen and oxygen atoms in total. The van der Waals surface area contributed by atoms with E-state index in [1.165, 1.54) is 10.6 Å². The Morgan fingerprint density at radius 1 is 1.33 bits per heavy atom. The second kappa shape index (κ2) is 9.91. The number of amides is 1. The van der Waals surface area contributed by atoms with E-state index in [9.17, 15) is 4.79 Å². The number of nitrogens with zero attached hydrogens (tertiary/aromatic N) is 2. The Morgan fingerprint density at radius 3 is 2.54 bits per heavy atom. The Hall–Kier alpha value is -2.10. The Bertz CT molecular complexity index is 532. The van der Waals surface area contributed by atoms with Gasteiger partial charge in [-0.1, -0.05) is 49.8 Å². The van der Waals surface area contributed by atoms with Gasteiger partial charge in [0.1, 0.15) is 5.60 Å². The third kappa shape index (κ3) is 7.44. The first kappa shape index (κ1) is 19.9. The largest absolute Gasteiger partial charge is 0.442 e. The lowest BCUT2D eigenvalue weighted by Gasteiger charge is -2.28. The number of aryl methyl sites for hydroxylation is 1. The van der Waals surface area contributed by atoms with Crippen molar-refractivity contribution in [2.24, 2.45) is 5.10 Å². The van der Waals surface area contributed by atoms with E-state index in [1.807, 2.05) is 39.0 Å². The summed E-state index contributed by atoms with van der Waals surface area (Å²) in [5, 5.41) is 5.78. The van der Waals surface area contributed by atoms with Crippen molar-refractivity contribution in [3.63, 3.8) is 0 Å². The lowest BCUT2D eigenvalue weighted by atomic mass is 10.1. The summed E-state index contributed by atoms with van der Waals surface area (Å²) in [6, 6.07) is 10.1. The van der Waals surface area contributed by atoms with Crippen molar-refractivity contribution in [3.05, 3.63) is 48.6 Å². The second-order valence-corrected chi connectivity index (χ2v) is 6.74. The molecule has 0 heterocycles. The normalized spacial score (nSPS) is 12.8. The molecule has 1 atom stereocenters. The van der Waals surface area contributed by atoms with E-state index in [4.69, 9.17) is 4.74 Å². The van der Waals surface area contributed by atoms with Crippen LogP contribution in [0.3, 0.4) is 0 Å². The van der Waals surface area contributed by atoms with Gasteiger partial charge in [0.15, 0.2) is 0 Å². The van der Waals surface area contributed by atoms with E-state index in [1.54, 1.807) is 12.3 Å². The molecular formula is C20H30N2O2.